The van der Waals surface area contributed by atoms with Gasteiger partial charge in [-0.25, -0.2) is 9.37 Å². The molecule has 0 aliphatic rings. The van der Waals surface area contributed by atoms with Gasteiger partial charge in [0.15, 0.2) is 0 Å². The fourth-order valence-corrected chi connectivity index (χ4v) is 4.65. The molecule has 0 bridgehead atoms. The summed E-state index contributed by atoms with van der Waals surface area (Å²) < 4.78 is 14.6. The molecule has 6 aromatic rings. The van der Waals surface area contributed by atoms with E-state index < -0.39 is 0 Å². The standard InChI is InChI=1S/C28H25FN8/c1-37(2)9-3-4-17-10-18(12-19(29)11-17)20-5-6-32-28-21(20)13-24(34-28)27-22-14-23(26-15-30-7-8-31-26)33-16-25(22)35-36-27/h5-8,10-16H,3-4,9H2,1-2H3,(H,32,34)(H,35,36). The van der Waals surface area contributed by atoms with Crippen molar-refractivity contribution in [1.29, 1.82) is 0 Å². The molecule has 0 amide bonds. The zero-order chi connectivity index (χ0) is 25.4. The third-order valence-electron chi connectivity index (χ3n) is 6.40. The van der Waals surface area contributed by atoms with E-state index in [1.165, 1.54) is 0 Å². The molecule has 2 N–H and O–H groups in total. The van der Waals surface area contributed by atoms with Gasteiger partial charge in [0.1, 0.15) is 22.9 Å². The van der Waals surface area contributed by atoms with Gasteiger partial charge in [-0.15, -0.1) is 0 Å². The highest BCUT2D eigenvalue weighted by molar-refractivity contribution is 6.00. The minimum absolute atomic E-state index is 0.236. The molecule has 0 unspecified atom stereocenters. The van der Waals surface area contributed by atoms with Crippen molar-refractivity contribution in [1.82, 2.24) is 40.0 Å². The van der Waals surface area contributed by atoms with Crippen LogP contribution < -0.4 is 0 Å². The monoisotopic (exact) mass is 492 g/mol. The number of nitrogens with zero attached hydrogens (tertiary/aromatic N) is 6. The Balaban J connectivity index is 1.41. The van der Waals surface area contributed by atoms with E-state index in [1.807, 2.05) is 32.3 Å². The van der Waals surface area contributed by atoms with Crippen LogP contribution >= 0.6 is 0 Å². The highest BCUT2D eigenvalue weighted by atomic mass is 19.1. The van der Waals surface area contributed by atoms with E-state index in [9.17, 15) is 4.39 Å². The Morgan fingerprint density at radius 2 is 1.81 bits per heavy atom. The summed E-state index contributed by atoms with van der Waals surface area (Å²) in [7, 11) is 4.09. The Morgan fingerprint density at radius 1 is 0.892 bits per heavy atom. The molecule has 0 radical (unpaired) electrons. The Bertz CT molecular complexity index is 1700. The van der Waals surface area contributed by atoms with Crippen LogP contribution in [0.1, 0.15) is 12.0 Å². The number of benzene rings is 1. The molecular formula is C28H25FN8. The zero-order valence-corrected chi connectivity index (χ0v) is 20.5. The van der Waals surface area contributed by atoms with E-state index in [1.54, 1.807) is 43.1 Å². The van der Waals surface area contributed by atoms with Crippen LogP contribution in [0.25, 0.3) is 55.8 Å². The van der Waals surface area contributed by atoms with Gasteiger partial charge in [-0.2, -0.15) is 5.10 Å². The SMILES string of the molecule is CN(C)CCCc1cc(F)cc(-c2ccnc3[nH]c(-c4n[nH]c5cnc(-c6cnccn6)cc45)cc23)c1. The predicted octanol–water partition coefficient (Wildman–Crippen LogP) is 5.26. The lowest BCUT2D eigenvalue weighted by atomic mass is 9.99. The van der Waals surface area contributed by atoms with E-state index in [0.717, 1.165) is 63.8 Å². The normalized spacial score (nSPS) is 11.7. The lowest BCUT2D eigenvalue weighted by Crippen LogP contribution is -2.13. The molecule has 9 heteroatoms. The maximum Gasteiger partial charge on any atom is 0.138 e. The Hall–Kier alpha value is -4.50. The van der Waals surface area contributed by atoms with Crippen LogP contribution in [0.4, 0.5) is 4.39 Å². The van der Waals surface area contributed by atoms with Crippen molar-refractivity contribution < 1.29 is 4.39 Å². The average molecular weight is 493 g/mol. The molecule has 184 valence electrons. The minimum Gasteiger partial charge on any atom is -0.338 e. The molecule has 0 saturated heterocycles. The van der Waals surface area contributed by atoms with Crippen molar-refractivity contribution in [3.63, 3.8) is 0 Å². The zero-order valence-electron chi connectivity index (χ0n) is 20.5. The fraction of sp³-hybridized carbons (Fsp3) is 0.179. The quantitative estimate of drug-likeness (QED) is 0.315. The molecule has 5 heterocycles. The largest absolute Gasteiger partial charge is 0.338 e. The summed E-state index contributed by atoms with van der Waals surface area (Å²) in [5.74, 6) is -0.236. The Morgan fingerprint density at radius 3 is 2.65 bits per heavy atom. The van der Waals surface area contributed by atoms with Crippen LogP contribution in [0.15, 0.2) is 67.4 Å². The first-order chi connectivity index (χ1) is 18.0. The van der Waals surface area contributed by atoms with Gasteiger partial charge in [0.2, 0.25) is 0 Å². The van der Waals surface area contributed by atoms with Gasteiger partial charge in [0.05, 0.1) is 29.3 Å². The Labute approximate surface area is 212 Å². The van der Waals surface area contributed by atoms with Gasteiger partial charge in [0.25, 0.3) is 0 Å². The summed E-state index contributed by atoms with van der Waals surface area (Å²) in [6.07, 6.45) is 10.2. The van der Waals surface area contributed by atoms with E-state index in [-0.39, 0.29) is 5.82 Å². The molecule has 5 aromatic heterocycles. The van der Waals surface area contributed by atoms with Crippen LogP contribution in [0, 0.1) is 5.82 Å². The van der Waals surface area contributed by atoms with Crippen molar-refractivity contribution in [3.05, 3.63) is 78.8 Å². The van der Waals surface area contributed by atoms with Gasteiger partial charge in [-0.05, 0) is 80.5 Å². The van der Waals surface area contributed by atoms with Gasteiger partial charge in [-0.3, -0.25) is 20.1 Å². The van der Waals surface area contributed by atoms with E-state index in [0.29, 0.717) is 17.0 Å². The fourth-order valence-electron chi connectivity index (χ4n) is 4.65. The lowest BCUT2D eigenvalue weighted by molar-refractivity contribution is 0.400. The minimum atomic E-state index is -0.236. The Kier molecular flexibility index (Phi) is 5.90. The number of fused-ring (bicyclic) bond motifs is 2. The molecular weight excluding hydrogens is 467 g/mol. The average Bonchev–Trinajstić information content (AvgIpc) is 3.52. The van der Waals surface area contributed by atoms with Crippen molar-refractivity contribution >= 4 is 21.9 Å². The molecule has 6 rings (SSSR count). The molecule has 0 aliphatic carbocycles. The first kappa shape index (κ1) is 22.9. The molecule has 1 aromatic carbocycles. The van der Waals surface area contributed by atoms with Crippen LogP contribution in [-0.2, 0) is 6.42 Å². The van der Waals surface area contributed by atoms with Crippen LogP contribution in [0.3, 0.4) is 0 Å². The van der Waals surface area contributed by atoms with Gasteiger partial charge < -0.3 is 9.88 Å². The molecule has 0 spiro atoms. The van der Waals surface area contributed by atoms with Gasteiger partial charge in [-0.1, -0.05) is 6.07 Å². The molecule has 0 aliphatic heterocycles. The highest BCUT2D eigenvalue weighted by Gasteiger charge is 2.16. The second kappa shape index (κ2) is 9.51. The predicted molar refractivity (Wildman–Crippen MR) is 142 cm³/mol. The first-order valence-electron chi connectivity index (χ1n) is 12.1. The van der Waals surface area contributed by atoms with Crippen LogP contribution in [-0.4, -0.2) is 60.7 Å². The van der Waals surface area contributed by atoms with Crippen LogP contribution in [0.2, 0.25) is 0 Å². The number of pyridine rings is 2. The highest BCUT2D eigenvalue weighted by Crippen LogP contribution is 2.34. The maximum absolute atomic E-state index is 14.6. The summed E-state index contributed by atoms with van der Waals surface area (Å²) in [4.78, 5) is 23.1. The van der Waals surface area contributed by atoms with Crippen molar-refractivity contribution in [2.75, 3.05) is 20.6 Å². The number of aryl methyl sites for hydroxylation is 1. The number of aromatic amines is 2. The van der Waals surface area contributed by atoms with Crippen molar-refractivity contribution in [2.24, 2.45) is 0 Å². The second-order valence-electron chi connectivity index (χ2n) is 9.34. The molecule has 0 fully saturated rings. The van der Waals surface area contributed by atoms with E-state index >= 15 is 0 Å². The smallest absolute Gasteiger partial charge is 0.138 e. The lowest BCUT2D eigenvalue weighted by Gasteiger charge is -2.10. The molecule has 0 atom stereocenters. The number of rotatable bonds is 7. The number of hydrogen-bond acceptors (Lipinski definition) is 6. The summed E-state index contributed by atoms with van der Waals surface area (Å²) in [5, 5.41) is 9.41. The van der Waals surface area contributed by atoms with Crippen molar-refractivity contribution in [3.8, 4) is 33.9 Å². The maximum atomic E-state index is 14.6. The van der Waals surface area contributed by atoms with Crippen LogP contribution in [0.5, 0.6) is 0 Å². The number of hydrogen-bond donors (Lipinski definition) is 2. The third kappa shape index (κ3) is 4.56. The third-order valence-corrected chi connectivity index (χ3v) is 6.40. The van der Waals surface area contributed by atoms with Gasteiger partial charge >= 0.3 is 0 Å². The van der Waals surface area contributed by atoms with E-state index in [4.69, 9.17) is 0 Å². The van der Waals surface area contributed by atoms with Crippen molar-refractivity contribution in [2.45, 2.75) is 12.8 Å². The summed E-state index contributed by atoms with van der Waals surface area (Å²) in [5.41, 5.74) is 7.20. The summed E-state index contributed by atoms with van der Waals surface area (Å²) in [6, 6.07) is 11.2. The first-order valence-corrected chi connectivity index (χ1v) is 12.1. The van der Waals surface area contributed by atoms with Gasteiger partial charge in [0, 0.05) is 29.4 Å². The molecule has 37 heavy (non-hydrogen) atoms. The summed E-state index contributed by atoms with van der Waals surface area (Å²) >= 11 is 0. The summed E-state index contributed by atoms with van der Waals surface area (Å²) in [6.45, 7) is 0.957. The second-order valence-corrected chi connectivity index (χ2v) is 9.34. The number of aromatic nitrogens is 7. The van der Waals surface area contributed by atoms with E-state index in [2.05, 4.69) is 46.1 Å². The number of H-pyrrole nitrogens is 2. The molecule has 8 nitrogen and oxygen atoms in total. The number of halogens is 1. The molecule has 0 saturated carbocycles. The topological polar surface area (TPSA) is 99.3 Å². The number of nitrogens with one attached hydrogen (secondary N) is 2.